The minimum absolute atomic E-state index is 0.155. The summed E-state index contributed by atoms with van der Waals surface area (Å²) in [6, 6.07) is 5.76. The fourth-order valence-corrected chi connectivity index (χ4v) is 2.07. The van der Waals surface area contributed by atoms with Gasteiger partial charge in [-0.1, -0.05) is 12.1 Å². The van der Waals surface area contributed by atoms with Gasteiger partial charge in [0.05, 0.1) is 11.7 Å². The Kier molecular flexibility index (Phi) is 3.58. The largest absolute Gasteiger partial charge is 0.383 e. The van der Waals surface area contributed by atoms with Crippen LogP contribution in [0.1, 0.15) is 28.4 Å². The van der Waals surface area contributed by atoms with E-state index in [2.05, 4.69) is 16.0 Å². The zero-order valence-electron chi connectivity index (χ0n) is 10.7. The van der Waals surface area contributed by atoms with Crippen molar-refractivity contribution in [1.82, 2.24) is 9.97 Å². The maximum atomic E-state index is 6.20. The van der Waals surface area contributed by atoms with Gasteiger partial charge in [-0.15, -0.1) is 0 Å². The van der Waals surface area contributed by atoms with Crippen molar-refractivity contribution in [3.05, 3.63) is 53.0 Å². The summed E-state index contributed by atoms with van der Waals surface area (Å²) in [5, 5.41) is 0. The van der Waals surface area contributed by atoms with Crippen molar-refractivity contribution < 1.29 is 0 Å². The SMILES string of the molecule is Cc1cnc(C(N)Cc2cccnc2N)c(C)c1. The number of rotatable bonds is 3. The monoisotopic (exact) mass is 242 g/mol. The third-order valence-corrected chi connectivity index (χ3v) is 2.97. The highest BCUT2D eigenvalue weighted by molar-refractivity contribution is 5.40. The Morgan fingerprint density at radius 1 is 1.28 bits per heavy atom. The van der Waals surface area contributed by atoms with Gasteiger partial charge in [0.2, 0.25) is 0 Å². The maximum Gasteiger partial charge on any atom is 0.126 e. The van der Waals surface area contributed by atoms with Crippen LogP contribution in [0.4, 0.5) is 5.82 Å². The average Bonchev–Trinajstić information content (AvgIpc) is 2.32. The molecule has 0 aliphatic heterocycles. The fraction of sp³-hybridized carbons (Fsp3) is 0.286. The Balaban J connectivity index is 2.22. The van der Waals surface area contributed by atoms with Crippen LogP contribution in [-0.2, 0) is 6.42 Å². The molecule has 0 saturated carbocycles. The molecular weight excluding hydrogens is 224 g/mol. The van der Waals surface area contributed by atoms with Crippen molar-refractivity contribution in [2.45, 2.75) is 26.3 Å². The molecule has 2 aromatic heterocycles. The van der Waals surface area contributed by atoms with Gasteiger partial charge in [0.25, 0.3) is 0 Å². The van der Waals surface area contributed by atoms with Gasteiger partial charge in [0.15, 0.2) is 0 Å². The third kappa shape index (κ3) is 2.65. The molecule has 1 atom stereocenters. The first kappa shape index (κ1) is 12.5. The third-order valence-electron chi connectivity index (χ3n) is 2.97. The number of nitrogens with two attached hydrogens (primary N) is 2. The number of pyridine rings is 2. The Labute approximate surface area is 107 Å². The molecule has 0 bridgehead atoms. The van der Waals surface area contributed by atoms with Gasteiger partial charge in [-0.2, -0.15) is 0 Å². The van der Waals surface area contributed by atoms with E-state index in [0.29, 0.717) is 12.2 Å². The summed E-state index contributed by atoms with van der Waals surface area (Å²) in [6.45, 7) is 4.05. The summed E-state index contributed by atoms with van der Waals surface area (Å²) in [6.07, 6.45) is 4.17. The molecule has 0 spiro atoms. The van der Waals surface area contributed by atoms with Crippen LogP contribution in [0.25, 0.3) is 0 Å². The summed E-state index contributed by atoms with van der Waals surface area (Å²) in [7, 11) is 0. The minimum atomic E-state index is -0.155. The van der Waals surface area contributed by atoms with E-state index < -0.39 is 0 Å². The van der Waals surface area contributed by atoms with Crippen LogP contribution < -0.4 is 11.5 Å². The summed E-state index contributed by atoms with van der Waals surface area (Å²) in [5.41, 5.74) is 16.2. The molecule has 0 radical (unpaired) electrons. The molecule has 94 valence electrons. The molecule has 0 aliphatic rings. The summed E-state index contributed by atoms with van der Waals surface area (Å²) in [5.74, 6) is 0.540. The summed E-state index contributed by atoms with van der Waals surface area (Å²) in [4.78, 5) is 8.48. The van der Waals surface area contributed by atoms with E-state index in [9.17, 15) is 0 Å². The Morgan fingerprint density at radius 3 is 2.72 bits per heavy atom. The summed E-state index contributed by atoms with van der Waals surface area (Å²) < 4.78 is 0. The second-order valence-corrected chi connectivity index (χ2v) is 4.57. The Bertz CT molecular complexity index is 551. The molecule has 0 aromatic carbocycles. The van der Waals surface area contributed by atoms with Crippen molar-refractivity contribution in [3.63, 3.8) is 0 Å². The van der Waals surface area contributed by atoms with Gasteiger partial charge >= 0.3 is 0 Å². The topological polar surface area (TPSA) is 77.8 Å². The van der Waals surface area contributed by atoms with Gasteiger partial charge in [-0.05, 0) is 43.0 Å². The Morgan fingerprint density at radius 2 is 2.06 bits per heavy atom. The van der Waals surface area contributed by atoms with Crippen LogP contribution >= 0.6 is 0 Å². The first-order chi connectivity index (χ1) is 8.58. The quantitative estimate of drug-likeness (QED) is 0.862. The molecule has 18 heavy (non-hydrogen) atoms. The fourth-order valence-electron chi connectivity index (χ4n) is 2.07. The van der Waals surface area contributed by atoms with Crippen LogP contribution in [0.3, 0.4) is 0 Å². The number of aromatic nitrogens is 2. The number of aryl methyl sites for hydroxylation is 2. The van der Waals surface area contributed by atoms with Gasteiger partial charge in [-0.3, -0.25) is 4.98 Å². The second kappa shape index (κ2) is 5.14. The predicted molar refractivity (Wildman–Crippen MR) is 73.0 cm³/mol. The standard InChI is InChI=1S/C14H18N4/c1-9-6-10(2)13(18-8-9)12(15)7-11-4-3-5-17-14(11)16/h3-6,8,12H,7,15H2,1-2H3,(H2,16,17). The predicted octanol–water partition coefficient (Wildman–Crippen LogP) is 1.92. The maximum absolute atomic E-state index is 6.20. The van der Waals surface area contributed by atoms with Crippen molar-refractivity contribution >= 4 is 5.82 Å². The first-order valence-corrected chi connectivity index (χ1v) is 5.96. The highest BCUT2D eigenvalue weighted by atomic mass is 14.8. The van der Waals surface area contributed by atoms with E-state index in [1.54, 1.807) is 6.20 Å². The van der Waals surface area contributed by atoms with Crippen LogP contribution in [0, 0.1) is 13.8 Å². The lowest BCUT2D eigenvalue weighted by Crippen LogP contribution is -2.17. The number of nitrogens with zero attached hydrogens (tertiary/aromatic N) is 2. The number of hydrogen-bond donors (Lipinski definition) is 2. The molecule has 0 fully saturated rings. The molecule has 0 amide bonds. The number of anilines is 1. The lowest BCUT2D eigenvalue weighted by Gasteiger charge is -2.14. The highest BCUT2D eigenvalue weighted by Crippen LogP contribution is 2.20. The van der Waals surface area contributed by atoms with Crippen LogP contribution in [0.2, 0.25) is 0 Å². The van der Waals surface area contributed by atoms with Crippen molar-refractivity contribution in [1.29, 1.82) is 0 Å². The molecule has 4 nitrogen and oxygen atoms in total. The minimum Gasteiger partial charge on any atom is -0.383 e. The van der Waals surface area contributed by atoms with E-state index >= 15 is 0 Å². The molecule has 4 N–H and O–H groups in total. The van der Waals surface area contributed by atoms with E-state index in [1.165, 1.54) is 0 Å². The van der Waals surface area contributed by atoms with E-state index in [4.69, 9.17) is 11.5 Å². The van der Waals surface area contributed by atoms with E-state index in [-0.39, 0.29) is 6.04 Å². The van der Waals surface area contributed by atoms with Gasteiger partial charge in [0.1, 0.15) is 5.82 Å². The average molecular weight is 242 g/mol. The molecule has 0 saturated heterocycles. The smallest absolute Gasteiger partial charge is 0.126 e. The molecule has 1 unspecified atom stereocenters. The van der Waals surface area contributed by atoms with Crippen LogP contribution in [-0.4, -0.2) is 9.97 Å². The molecule has 2 aromatic rings. The summed E-state index contributed by atoms with van der Waals surface area (Å²) >= 11 is 0. The van der Waals surface area contributed by atoms with Gasteiger partial charge in [-0.25, -0.2) is 4.98 Å². The van der Waals surface area contributed by atoms with Gasteiger partial charge < -0.3 is 11.5 Å². The van der Waals surface area contributed by atoms with Crippen LogP contribution in [0.15, 0.2) is 30.6 Å². The normalized spacial score (nSPS) is 12.4. The lowest BCUT2D eigenvalue weighted by atomic mass is 10.0. The van der Waals surface area contributed by atoms with Gasteiger partial charge in [0, 0.05) is 12.4 Å². The number of nitrogen functional groups attached to an aromatic ring is 1. The van der Waals surface area contributed by atoms with E-state index in [1.807, 2.05) is 32.2 Å². The van der Waals surface area contributed by atoms with Crippen molar-refractivity contribution in [2.75, 3.05) is 5.73 Å². The molecule has 0 aliphatic carbocycles. The van der Waals surface area contributed by atoms with Crippen molar-refractivity contribution in [2.24, 2.45) is 5.73 Å². The zero-order chi connectivity index (χ0) is 13.1. The second-order valence-electron chi connectivity index (χ2n) is 4.57. The van der Waals surface area contributed by atoms with E-state index in [0.717, 1.165) is 22.4 Å². The molecule has 2 heterocycles. The van der Waals surface area contributed by atoms with Crippen molar-refractivity contribution in [3.8, 4) is 0 Å². The highest BCUT2D eigenvalue weighted by Gasteiger charge is 2.13. The molecule has 2 rings (SSSR count). The molecule has 4 heteroatoms. The molecular formula is C14H18N4. The first-order valence-electron chi connectivity index (χ1n) is 5.96. The zero-order valence-corrected chi connectivity index (χ0v) is 10.7. The van der Waals surface area contributed by atoms with Crippen LogP contribution in [0.5, 0.6) is 0 Å². The Hall–Kier alpha value is -1.94. The lowest BCUT2D eigenvalue weighted by molar-refractivity contribution is 0.689. The number of hydrogen-bond acceptors (Lipinski definition) is 4.